The van der Waals surface area contributed by atoms with Crippen LogP contribution in [0, 0.1) is 17.8 Å². The van der Waals surface area contributed by atoms with Crippen molar-refractivity contribution in [3.05, 3.63) is 77.9 Å². The van der Waals surface area contributed by atoms with Crippen LogP contribution in [0.25, 0.3) is 0 Å². The molecule has 2 aromatic rings. The van der Waals surface area contributed by atoms with Gasteiger partial charge in [-0.2, -0.15) is 17.6 Å². The van der Waals surface area contributed by atoms with Crippen molar-refractivity contribution >= 4 is 0 Å². The number of benzene rings is 2. The van der Waals surface area contributed by atoms with Crippen LogP contribution in [0.4, 0.5) is 17.6 Å². The summed E-state index contributed by atoms with van der Waals surface area (Å²) in [5.41, 5.74) is 2.82. The molecule has 0 bridgehead atoms. The van der Waals surface area contributed by atoms with Gasteiger partial charge in [0.25, 0.3) is 0 Å². The Labute approximate surface area is 181 Å². The van der Waals surface area contributed by atoms with Crippen LogP contribution in [0.1, 0.15) is 61.1 Å². The summed E-state index contributed by atoms with van der Waals surface area (Å²) in [6, 6.07) is 13.8. The van der Waals surface area contributed by atoms with Crippen LogP contribution < -0.4 is 4.74 Å². The molecular weight excluding hydrogens is 404 g/mol. The fraction of sp³-hybridized carbons (Fsp3) is 0.385. The molecule has 3 rings (SSSR count). The maximum atomic E-state index is 12.9. The fourth-order valence-corrected chi connectivity index (χ4v) is 3.92. The number of allylic oxidation sites excluding steroid dienone is 1. The molecule has 1 fully saturated rings. The Morgan fingerprint density at radius 2 is 1.48 bits per heavy atom. The lowest BCUT2D eigenvalue weighted by Crippen LogP contribution is -2.29. The van der Waals surface area contributed by atoms with E-state index >= 15 is 0 Å². The van der Waals surface area contributed by atoms with E-state index in [4.69, 9.17) is 0 Å². The highest BCUT2D eigenvalue weighted by Crippen LogP contribution is 2.37. The Morgan fingerprint density at radius 1 is 0.935 bits per heavy atom. The molecule has 1 unspecified atom stereocenters. The quantitative estimate of drug-likeness (QED) is 0.261. The van der Waals surface area contributed by atoms with Gasteiger partial charge >= 0.3 is 12.5 Å². The second kappa shape index (κ2) is 10.5. The Hall–Kier alpha value is -2.74. The highest BCUT2D eigenvalue weighted by Gasteiger charge is 2.42. The van der Waals surface area contributed by atoms with Gasteiger partial charge in [0.15, 0.2) is 0 Å². The zero-order chi connectivity index (χ0) is 22.3. The summed E-state index contributed by atoms with van der Waals surface area (Å²) in [5, 5.41) is 0. The molecule has 164 valence electrons. The summed E-state index contributed by atoms with van der Waals surface area (Å²) in [7, 11) is 0. The third-order valence-electron chi connectivity index (χ3n) is 5.71. The molecule has 0 radical (unpaired) electrons. The first-order chi connectivity index (χ1) is 14.8. The van der Waals surface area contributed by atoms with E-state index in [1.165, 1.54) is 61.9 Å². The molecule has 1 atom stereocenters. The molecule has 0 aliphatic heterocycles. The molecule has 1 aliphatic carbocycles. The van der Waals surface area contributed by atoms with Gasteiger partial charge < -0.3 is 4.74 Å². The standard InChI is InChI=1S/C26H26F4O/c1-2-3-4-19-7-13-22(14-8-19)23-15-9-20(10-16-23)5-6-21-11-17-24(18-12-21)31-25(27)26(28,29)30/h2,9-12,15-19,22,25H,1,3-4,7-8,13-14H2. The van der Waals surface area contributed by atoms with E-state index in [0.29, 0.717) is 11.5 Å². The van der Waals surface area contributed by atoms with Crippen molar-refractivity contribution in [2.45, 2.75) is 57.0 Å². The summed E-state index contributed by atoms with van der Waals surface area (Å²) >= 11 is 0. The number of hydrogen-bond acceptors (Lipinski definition) is 1. The molecule has 5 heteroatoms. The van der Waals surface area contributed by atoms with E-state index < -0.39 is 12.5 Å². The van der Waals surface area contributed by atoms with Gasteiger partial charge in [-0.25, -0.2) is 0 Å². The first-order valence-corrected chi connectivity index (χ1v) is 10.6. The monoisotopic (exact) mass is 430 g/mol. The first kappa shape index (κ1) is 22.9. The molecule has 2 aromatic carbocycles. The highest BCUT2D eigenvalue weighted by molar-refractivity contribution is 5.45. The van der Waals surface area contributed by atoms with Gasteiger partial charge in [-0.05, 0) is 92.3 Å². The summed E-state index contributed by atoms with van der Waals surface area (Å²) in [5.74, 6) is 7.24. The van der Waals surface area contributed by atoms with Crippen molar-refractivity contribution in [2.75, 3.05) is 0 Å². The second-order valence-electron chi connectivity index (χ2n) is 7.96. The van der Waals surface area contributed by atoms with Crippen LogP contribution in [0.3, 0.4) is 0 Å². The van der Waals surface area contributed by atoms with Crippen molar-refractivity contribution in [1.82, 2.24) is 0 Å². The Balaban J connectivity index is 1.54. The van der Waals surface area contributed by atoms with Crippen molar-refractivity contribution in [2.24, 2.45) is 5.92 Å². The van der Waals surface area contributed by atoms with E-state index in [1.807, 2.05) is 18.2 Å². The summed E-state index contributed by atoms with van der Waals surface area (Å²) in [6.07, 6.45) is 0.931. The largest absolute Gasteiger partial charge is 0.457 e. The summed E-state index contributed by atoms with van der Waals surface area (Å²) < 4.78 is 53.8. The fourth-order valence-electron chi connectivity index (χ4n) is 3.92. The smallest absolute Gasteiger partial charge is 0.452 e. The van der Waals surface area contributed by atoms with E-state index in [9.17, 15) is 17.6 Å². The molecular formula is C26H26F4O. The highest BCUT2D eigenvalue weighted by atomic mass is 19.4. The van der Waals surface area contributed by atoms with Gasteiger partial charge in [0.05, 0.1) is 0 Å². The first-order valence-electron chi connectivity index (χ1n) is 10.6. The van der Waals surface area contributed by atoms with Gasteiger partial charge in [-0.1, -0.05) is 30.0 Å². The minimum absolute atomic E-state index is 0.195. The van der Waals surface area contributed by atoms with Crippen LogP contribution in [0.2, 0.25) is 0 Å². The topological polar surface area (TPSA) is 9.23 Å². The molecule has 0 spiro atoms. The minimum Gasteiger partial charge on any atom is -0.452 e. The van der Waals surface area contributed by atoms with E-state index in [2.05, 4.69) is 35.3 Å². The maximum absolute atomic E-state index is 12.9. The molecule has 1 saturated carbocycles. The molecule has 0 aromatic heterocycles. The van der Waals surface area contributed by atoms with Crippen LogP contribution in [-0.2, 0) is 0 Å². The molecule has 31 heavy (non-hydrogen) atoms. The molecule has 1 aliphatic rings. The summed E-state index contributed by atoms with van der Waals surface area (Å²) in [6.45, 7) is 3.80. The normalized spacial score (nSPS) is 19.7. The maximum Gasteiger partial charge on any atom is 0.457 e. The number of rotatable bonds is 6. The number of alkyl halides is 4. The molecule has 1 nitrogen and oxygen atoms in total. The minimum atomic E-state index is -5.05. The average molecular weight is 430 g/mol. The SMILES string of the molecule is C=CCCC1CCC(c2ccc(C#Cc3ccc(OC(F)C(F)(F)F)cc3)cc2)CC1. The molecule has 0 N–H and O–H groups in total. The predicted octanol–water partition coefficient (Wildman–Crippen LogP) is 7.56. The van der Waals surface area contributed by atoms with Gasteiger partial charge in [0, 0.05) is 11.1 Å². The lowest BCUT2D eigenvalue weighted by atomic mass is 9.77. The van der Waals surface area contributed by atoms with Crippen molar-refractivity contribution < 1.29 is 22.3 Å². The third-order valence-corrected chi connectivity index (χ3v) is 5.71. The Bertz CT molecular complexity index is 896. The molecule has 0 heterocycles. The van der Waals surface area contributed by atoms with E-state index in [0.717, 1.165) is 17.9 Å². The van der Waals surface area contributed by atoms with Gasteiger partial charge in [0.1, 0.15) is 5.75 Å². The molecule has 0 amide bonds. The van der Waals surface area contributed by atoms with Crippen molar-refractivity contribution in [3.63, 3.8) is 0 Å². The average Bonchev–Trinajstić information content (AvgIpc) is 2.77. The lowest BCUT2D eigenvalue weighted by molar-refractivity contribution is -0.236. The number of halogens is 4. The van der Waals surface area contributed by atoms with Crippen molar-refractivity contribution in [1.29, 1.82) is 0 Å². The van der Waals surface area contributed by atoms with Crippen LogP contribution >= 0.6 is 0 Å². The third kappa shape index (κ3) is 6.89. The lowest BCUT2D eigenvalue weighted by Gasteiger charge is -2.28. The summed E-state index contributed by atoms with van der Waals surface area (Å²) in [4.78, 5) is 0. The van der Waals surface area contributed by atoms with Crippen LogP contribution in [0.5, 0.6) is 5.75 Å². The van der Waals surface area contributed by atoms with Crippen molar-refractivity contribution in [3.8, 4) is 17.6 Å². The molecule has 0 saturated heterocycles. The predicted molar refractivity (Wildman–Crippen MR) is 115 cm³/mol. The number of hydrogen-bond donors (Lipinski definition) is 0. The van der Waals surface area contributed by atoms with Gasteiger partial charge in [0.2, 0.25) is 0 Å². The number of ether oxygens (including phenoxy) is 1. The van der Waals surface area contributed by atoms with E-state index in [-0.39, 0.29) is 5.75 Å². The van der Waals surface area contributed by atoms with Gasteiger partial charge in [-0.15, -0.1) is 6.58 Å². The Kier molecular flexibility index (Phi) is 7.79. The van der Waals surface area contributed by atoms with Crippen LogP contribution in [0.15, 0.2) is 61.2 Å². The zero-order valence-corrected chi connectivity index (χ0v) is 17.3. The van der Waals surface area contributed by atoms with E-state index in [1.54, 1.807) is 0 Å². The van der Waals surface area contributed by atoms with Crippen LogP contribution in [-0.4, -0.2) is 12.5 Å². The second-order valence-corrected chi connectivity index (χ2v) is 7.96. The Morgan fingerprint density at radius 3 is 2.00 bits per heavy atom. The van der Waals surface area contributed by atoms with Gasteiger partial charge in [-0.3, -0.25) is 0 Å². The zero-order valence-electron chi connectivity index (χ0n) is 17.3.